The first-order valence-corrected chi connectivity index (χ1v) is 3.92. The quantitative estimate of drug-likeness (QED) is 0.325. The third-order valence-corrected chi connectivity index (χ3v) is 1.22. The number of hydrogen-bond acceptors (Lipinski definition) is 0. The molecule has 0 saturated heterocycles. The predicted molar refractivity (Wildman–Crippen MR) is 49.9 cm³/mol. The van der Waals surface area contributed by atoms with Gasteiger partial charge < -0.3 is 0 Å². The van der Waals surface area contributed by atoms with Crippen LogP contribution < -0.4 is 0 Å². The molecular weight excluding hydrogens is 132 g/mol. The van der Waals surface area contributed by atoms with Crippen LogP contribution in [0.3, 0.4) is 0 Å². The van der Waals surface area contributed by atoms with Crippen molar-refractivity contribution in [1.82, 2.24) is 0 Å². The molecule has 0 aromatic rings. The van der Waals surface area contributed by atoms with Crippen molar-refractivity contribution in [2.75, 3.05) is 0 Å². The Morgan fingerprint density at radius 1 is 1.18 bits per heavy atom. The maximum absolute atomic E-state index is 5.08. The van der Waals surface area contributed by atoms with E-state index in [2.05, 4.69) is 24.3 Å². The first-order chi connectivity index (χ1) is 5.41. The molecule has 0 atom stereocenters. The van der Waals surface area contributed by atoms with E-state index >= 15 is 0 Å². The fourth-order valence-corrected chi connectivity index (χ4v) is 0.630. The second kappa shape index (κ2) is 8.86. The Bertz CT molecular complexity index is 182. The Morgan fingerprint density at radius 2 is 1.91 bits per heavy atom. The van der Waals surface area contributed by atoms with E-state index in [0.29, 0.717) is 0 Å². The number of rotatable bonds is 4. The van der Waals surface area contributed by atoms with Crippen LogP contribution in [0.4, 0.5) is 0 Å². The lowest BCUT2D eigenvalue weighted by Crippen LogP contribution is -1.69. The van der Waals surface area contributed by atoms with E-state index in [1.807, 2.05) is 6.08 Å². The molecule has 0 fully saturated rings. The molecule has 0 heterocycles. The van der Waals surface area contributed by atoms with Gasteiger partial charge in [-0.2, -0.15) is 0 Å². The van der Waals surface area contributed by atoms with E-state index < -0.39 is 0 Å². The lowest BCUT2D eigenvalue weighted by Gasteiger charge is -1.83. The van der Waals surface area contributed by atoms with Crippen LogP contribution in [0.1, 0.15) is 32.1 Å². The highest BCUT2D eigenvalue weighted by Gasteiger charge is 1.77. The first-order valence-electron chi connectivity index (χ1n) is 3.92. The van der Waals surface area contributed by atoms with Gasteiger partial charge in [0.25, 0.3) is 0 Å². The van der Waals surface area contributed by atoms with Crippen molar-refractivity contribution in [2.24, 2.45) is 0 Å². The van der Waals surface area contributed by atoms with Crippen LogP contribution in [0, 0.1) is 24.2 Å². The summed E-state index contributed by atoms with van der Waals surface area (Å²) in [7, 11) is 0. The van der Waals surface area contributed by atoms with Gasteiger partial charge in [0, 0.05) is 19.3 Å². The van der Waals surface area contributed by atoms with Crippen molar-refractivity contribution < 1.29 is 0 Å². The summed E-state index contributed by atoms with van der Waals surface area (Å²) >= 11 is 0. The fraction of sp³-hybridized carbons (Fsp3) is 0.455. The highest BCUT2D eigenvalue weighted by Crippen LogP contribution is 1.92. The number of hydrogen-bond donors (Lipinski definition) is 0. The van der Waals surface area contributed by atoms with Crippen LogP contribution in [0.15, 0.2) is 12.7 Å². The summed E-state index contributed by atoms with van der Waals surface area (Å²) < 4.78 is 0. The van der Waals surface area contributed by atoms with Crippen molar-refractivity contribution in [2.45, 2.75) is 32.1 Å². The molecule has 0 saturated carbocycles. The van der Waals surface area contributed by atoms with Crippen LogP contribution >= 0.6 is 0 Å². The molecule has 0 aliphatic heterocycles. The fourth-order valence-electron chi connectivity index (χ4n) is 0.630. The van der Waals surface area contributed by atoms with E-state index in [1.54, 1.807) is 0 Å². The minimum atomic E-state index is 0.843. The zero-order chi connectivity index (χ0) is 8.36. The van der Waals surface area contributed by atoms with Gasteiger partial charge in [0.1, 0.15) is 0 Å². The molecule has 0 spiro atoms. The average Bonchev–Trinajstić information content (AvgIpc) is 2.03. The smallest absolute Gasteiger partial charge is 0.0123 e. The molecule has 0 aromatic carbocycles. The Morgan fingerprint density at radius 3 is 2.55 bits per heavy atom. The van der Waals surface area contributed by atoms with Crippen LogP contribution in [0.2, 0.25) is 0 Å². The van der Waals surface area contributed by atoms with Crippen molar-refractivity contribution in [1.29, 1.82) is 0 Å². The zero-order valence-corrected chi connectivity index (χ0v) is 6.90. The van der Waals surface area contributed by atoms with Gasteiger partial charge in [0.2, 0.25) is 0 Å². The number of allylic oxidation sites excluding steroid dienone is 1. The Kier molecular flexibility index (Phi) is 7.94. The molecule has 0 bridgehead atoms. The monoisotopic (exact) mass is 146 g/mol. The van der Waals surface area contributed by atoms with Gasteiger partial charge in [-0.3, -0.25) is 0 Å². The minimum Gasteiger partial charge on any atom is -0.120 e. The molecule has 0 N–H and O–H groups in total. The molecule has 0 rings (SSSR count). The molecule has 11 heavy (non-hydrogen) atoms. The second-order valence-electron chi connectivity index (χ2n) is 2.24. The summed E-state index contributed by atoms with van der Waals surface area (Å²) in [4.78, 5) is 0. The lowest BCUT2D eigenvalue weighted by molar-refractivity contribution is 0.902. The SMILES string of the molecule is C#CCCCC#CCCC=C. The topological polar surface area (TPSA) is 0 Å². The Hall–Kier alpha value is -1.14. The predicted octanol–water partition coefficient (Wildman–Crippen LogP) is 2.76. The number of unbranched alkanes of at least 4 members (excludes halogenated alkanes) is 3. The Balaban J connectivity index is 3.13. The maximum atomic E-state index is 5.08. The summed E-state index contributed by atoms with van der Waals surface area (Å²) in [5.41, 5.74) is 0. The van der Waals surface area contributed by atoms with Gasteiger partial charge in [-0.25, -0.2) is 0 Å². The van der Waals surface area contributed by atoms with Crippen molar-refractivity contribution in [3.63, 3.8) is 0 Å². The van der Waals surface area contributed by atoms with E-state index in [1.165, 1.54) is 0 Å². The van der Waals surface area contributed by atoms with E-state index in [-0.39, 0.29) is 0 Å². The van der Waals surface area contributed by atoms with Crippen LogP contribution in [0.5, 0.6) is 0 Å². The maximum Gasteiger partial charge on any atom is 0.0123 e. The first kappa shape index (κ1) is 9.86. The Labute approximate surface area is 69.7 Å². The summed E-state index contributed by atoms with van der Waals surface area (Å²) in [6.07, 6.45) is 11.7. The van der Waals surface area contributed by atoms with Gasteiger partial charge in [-0.15, -0.1) is 30.8 Å². The van der Waals surface area contributed by atoms with Crippen LogP contribution in [0.25, 0.3) is 0 Å². The molecule has 0 amide bonds. The van der Waals surface area contributed by atoms with E-state index in [0.717, 1.165) is 32.1 Å². The highest BCUT2D eigenvalue weighted by atomic mass is 13.8. The second-order valence-corrected chi connectivity index (χ2v) is 2.24. The average molecular weight is 146 g/mol. The molecule has 0 aliphatic carbocycles. The molecule has 0 aliphatic rings. The number of terminal acetylenes is 1. The largest absolute Gasteiger partial charge is 0.120 e. The van der Waals surface area contributed by atoms with Gasteiger partial charge in [0.15, 0.2) is 0 Å². The molecule has 0 aromatic heterocycles. The summed E-state index contributed by atoms with van der Waals surface area (Å²) in [6, 6.07) is 0. The third-order valence-electron chi connectivity index (χ3n) is 1.22. The summed E-state index contributed by atoms with van der Waals surface area (Å²) in [5.74, 6) is 8.70. The zero-order valence-electron chi connectivity index (χ0n) is 6.90. The minimum absolute atomic E-state index is 0.843. The van der Waals surface area contributed by atoms with Crippen molar-refractivity contribution >= 4 is 0 Å². The van der Waals surface area contributed by atoms with E-state index in [4.69, 9.17) is 6.42 Å². The molecule has 0 unspecified atom stereocenters. The van der Waals surface area contributed by atoms with E-state index in [9.17, 15) is 0 Å². The standard InChI is InChI=1S/C11H14/c1-3-5-7-9-11-10-8-6-4-2/h1,4H,2,5-9H2. The van der Waals surface area contributed by atoms with Crippen LogP contribution in [-0.2, 0) is 0 Å². The molecule has 0 nitrogen and oxygen atoms in total. The highest BCUT2D eigenvalue weighted by molar-refractivity contribution is 5.00. The summed E-state index contributed by atoms with van der Waals surface area (Å²) in [6.45, 7) is 3.61. The normalized spacial score (nSPS) is 7.55. The van der Waals surface area contributed by atoms with Crippen molar-refractivity contribution in [3.8, 4) is 24.2 Å². The van der Waals surface area contributed by atoms with Crippen molar-refractivity contribution in [3.05, 3.63) is 12.7 Å². The third kappa shape index (κ3) is 8.86. The molecule has 0 heteroatoms. The van der Waals surface area contributed by atoms with Gasteiger partial charge in [-0.1, -0.05) is 6.08 Å². The lowest BCUT2D eigenvalue weighted by atomic mass is 10.2. The van der Waals surface area contributed by atoms with Gasteiger partial charge in [-0.05, 0) is 12.8 Å². The van der Waals surface area contributed by atoms with Gasteiger partial charge in [0.05, 0.1) is 0 Å². The molecule has 0 radical (unpaired) electrons. The summed E-state index contributed by atoms with van der Waals surface area (Å²) in [5, 5.41) is 0. The van der Waals surface area contributed by atoms with Gasteiger partial charge >= 0.3 is 0 Å². The van der Waals surface area contributed by atoms with Crippen LogP contribution in [-0.4, -0.2) is 0 Å². The molecular formula is C11H14. The molecule has 58 valence electrons.